The molecule has 0 aliphatic heterocycles. The molecule has 3 rings (SSSR count). The summed E-state index contributed by atoms with van der Waals surface area (Å²) in [7, 11) is 0. The lowest BCUT2D eigenvalue weighted by molar-refractivity contribution is -0.116. The topological polar surface area (TPSA) is 68.0 Å². The van der Waals surface area contributed by atoms with Crippen molar-refractivity contribution in [2.24, 2.45) is 0 Å². The van der Waals surface area contributed by atoms with Crippen molar-refractivity contribution in [3.05, 3.63) is 64.0 Å². The third-order valence-corrected chi connectivity index (χ3v) is 4.65. The zero-order valence-corrected chi connectivity index (χ0v) is 16.4. The van der Waals surface area contributed by atoms with Crippen molar-refractivity contribution in [3.63, 3.8) is 0 Å². The Morgan fingerprint density at radius 2 is 1.85 bits per heavy atom. The summed E-state index contributed by atoms with van der Waals surface area (Å²) in [5.41, 5.74) is 4.96. The minimum atomic E-state index is -0.0177. The molecule has 0 saturated heterocycles. The number of carbonyl (C=O) groups excluding carboxylic acids is 1. The lowest BCUT2D eigenvalue weighted by Crippen LogP contribution is -2.13. The summed E-state index contributed by atoms with van der Waals surface area (Å²) in [5.74, 6) is 0.947. The van der Waals surface area contributed by atoms with Gasteiger partial charge in [0.25, 0.3) is 0 Å². The van der Waals surface area contributed by atoms with Gasteiger partial charge in [0.1, 0.15) is 0 Å². The van der Waals surface area contributed by atoms with Crippen LogP contribution in [0.4, 0.5) is 5.69 Å². The fourth-order valence-electron chi connectivity index (χ4n) is 3.09. The molecule has 6 heteroatoms. The smallest absolute Gasteiger partial charge is 0.226 e. The van der Waals surface area contributed by atoms with Gasteiger partial charge in [0.2, 0.25) is 17.6 Å². The third kappa shape index (κ3) is 4.74. The average molecular weight is 384 g/mol. The van der Waals surface area contributed by atoms with Gasteiger partial charge < -0.3 is 9.84 Å². The van der Waals surface area contributed by atoms with Gasteiger partial charge in [0, 0.05) is 24.1 Å². The van der Waals surface area contributed by atoms with Gasteiger partial charge in [-0.15, -0.1) is 0 Å². The maximum Gasteiger partial charge on any atom is 0.226 e. The summed E-state index contributed by atoms with van der Waals surface area (Å²) < 4.78 is 5.27. The molecule has 0 aliphatic carbocycles. The minimum absolute atomic E-state index is 0.0177. The van der Waals surface area contributed by atoms with Crippen molar-refractivity contribution in [2.75, 3.05) is 5.32 Å². The molecule has 140 valence electrons. The number of aryl methyl sites for hydroxylation is 4. The summed E-state index contributed by atoms with van der Waals surface area (Å²) in [6.45, 7) is 6.06. The Balaban J connectivity index is 1.55. The molecule has 5 nitrogen and oxygen atoms in total. The molecule has 0 spiro atoms. The van der Waals surface area contributed by atoms with E-state index >= 15 is 0 Å². The molecule has 0 radical (unpaired) electrons. The molecule has 0 fully saturated rings. The molecule has 0 saturated carbocycles. The number of rotatable bonds is 6. The number of nitrogens with one attached hydrogen (secondary N) is 1. The number of hydrogen-bond acceptors (Lipinski definition) is 4. The van der Waals surface area contributed by atoms with Gasteiger partial charge in [-0.25, -0.2) is 0 Å². The van der Waals surface area contributed by atoms with Gasteiger partial charge in [-0.2, -0.15) is 4.98 Å². The van der Waals surface area contributed by atoms with Gasteiger partial charge in [-0.3, -0.25) is 4.79 Å². The standard InChI is InChI=1S/C21H22ClN3O2/c1-13-11-14(2)20(15(3)12-13)23-18(26)9-6-10-19-24-21(25-27-19)16-7-4-5-8-17(16)22/h4-5,7-8,11-12H,6,9-10H2,1-3H3,(H,23,26). The highest BCUT2D eigenvalue weighted by molar-refractivity contribution is 6.33. The van der Waals surface area contributed by atoms with Crippen LogP contribution in [0.15, 0.2) is 40.9 Å². The van der Waals surface area contributed by atoms with Gasteiger partial charge in [-0.05, 0) is 50.5 Å². The Bertz CT molecular complexity index is 943. The van der Waals surface area contributed by atoms with Crippen LogP contribution in [0.3, 0.4) is 0 Å². The second-order valence-electron chi connectivity index (χ2n) is 6.67. The largest absolute Gasteiger partial charge is 0.339 e. The molecule has 3 aromatic rings. The number of hydrogen-bond donors (Lipinski definition) is 1. The van der Waals surface area contributed by atoms with Crippen LogP contribution in [0.5, 0.6) is 0 Å². The van der Waals surface area contributed by atoms with Crippen molar-refractivity contribution in [1.29, 1.82) is 0 Å². The molecule has 0 aliphatic rings. The first kappa shape index (κ1) is 19.1. The average Bonchev–Trinajstić information content (AvgIpc) is 3.07. The van der Waals surface area contributed by atoms with Gasteiger partial charge in [-0.1, -0.05) is 46.6 Å². The maximum atomic E-state index is 12.3. The van der Waals surface area contributed by atoms with Crippen molar-refractivity contribution in [1.82, 2.24) is 10.1 Å². The zero-order valence-electron chi connectivity index (χ0n) is 15.7. The second kappa shape index (κ2) is 8.35. The van der Waals surface area contributed by atoms with E-state index in [4.69, 9.17) is 16.1 Å². The zero-order chi connectivity index (χ0) is 19.4. The van der Waals surface area contributed by atoms with Crippen molar-refractivity contribution < 1.29 is 9.32 Å². The van der Waals surface area contributed by atoms with Crippen LogP contribution in [0.25, 0.3) is 11.4 Å². The Hall–Kier alpha value is -2.66. The maximum absolute atomic E-state index is 12.3. The third-order valence-electron chi connectivity index (χ3n) is 4.32. The van der Waals surface area contributed by atoms with E-state index in [1.807, 2.05) is 39.0 Å². The first-order valence-corrected chi connectivity index (χ1v) is 9.27. The molecule has 1 N–H and O–H groups in total. The SMILES string of the molecule is Cc1cc(C)c(NC(=O)CCCc2nc(-c3ccccc3Cl)no2)c(C)c1. The van der Waals surface area contributed by atoms with E-state index in [1.54, 1.807) is 6.07 Å². The molecular weight excluding hydrogens is 362 g/mol. The quantitative estimate of drug-likeness (QED) is 0.629. The van der Waals surface area contributed by atoms with E-state index in [0.717, 1.165) is 22.4 Å². The number of carbonyl (C=O) groups is 1. The Morgan fingerprint density at radius 3 is 2.56 bits per heavy atom. The Labute approximate surface area is 163 Å². The number of halogens is 1. The van der Waals surface area contributed by atoms with E-state index < -0.39 is 0 Å². The van der Waals surface area contributed by atoms with Crippen molar-refractivity contribution >= 4 is 23.2 Å². The van der Waals surface area contributed by atoms with Crippen LogP contribution in [0.2, 0.25) is 5.02 Å². The first-order chi connectivity index (χ1) is 12.9. The van der Waals surface area contributed by atoms with Gasteiger partial charge in [0.05, 0.1) is 5.02 Å². The fraction of sp³-hybridized carbons (Fsp3) is 0.286. The Morgan fingerprint density at radius 1 is 1.15 bits per heavy atom. The lowest BCUT2D eigenvalue weighted by Gasteiger charge is -2.12. The van der Waals surface area contributed by atoms with Crippen LogP contribution in [0.1, 0.15) is 35.4 Å². The van der Waals surface area contributed by atoms with Crippen LogP contribution in [0, 0.1) is 20.8 Å². The monoisotopic (exact) mass is 383 g/mol. The normalized spacial score (nSPS) is 10.8. The highest BCUT2D eigenvalue weighted by Gasteiger charge is 2.13. The van der Waals surface area contributed by atoms with Crippen LogP contribution in [-0.2, 0) is 11.2 Å². The molecule has 2 aromatic carbocycles. The second-order valence-corrected chi connectivity index (χ2v) is 7.07. The molecule has 1 heterocycles. The van der Waals surface area contributed by atoms with Gasteiger partial charge in [0.15, 0.2) is 0 Å². The molecule has 27 heavy (non-hydrogen) atoms. The van der Waals surface area contributed by atoms with Crippen LogP contribution in [-0.4, -0.2) is 16.0 Å². The molecule has 1 aromatic heterocycles. The summed E-state index contributed by atoms with van der Waals surface area (Å²) in [6.07, 6.45) is 1.55. The predicted molar refractivity (Wildman–Crippen MR) is 107 cm³/mol. The summed E-state index contributed by atoms with van der Waals surface area (Å²) in [5, 5.41) is 7.56. The molecule has 0 unspecified atom stereocenters. The highest BCUT2D eigenvalue weighted by atomic mass is 35.5. The van der Waals surface area contributed by atoms with Crippen LogP contribution >= 0.6 is 11.6 Å². The van der Waals surface area contributed by atoms with E-state index in [1.165, 1.54) is 5.56 Å². The number of nitrogens with zero attached hydrogens (tertiary/aromatic N) is 2. The minimum Gasteiger partial charge on any atom is -0.339 e. The van der Waals surface area contributed by atoms with Crippen molar-refractivity contribution in [2.45, 2.75) is 40.0 Å². The first-order valence-electron chi connectivity index (χ1n) is 8.89. The molecule has 0 bridgehead atoms. The van der Waals surface area contributed by atoms with E-state index in [9.17, 15) is 4.79 Å². The van der Waals surface area contributed by atoms with Gasteiger partial charge >= 0.3 is 0 Å². The fourth-order valence-corrected chi connectivity index (χ4v) is 3.31. The highest BCUT2D eigenvalue weighted by Crippen LogP contribution is 2.25. The lowest BCUT2D eigenvalue weighted by atomic mass is 10.0. The molecule has 1 amide bonds. The summed E-state index contributed by atoms with van der Waals surface area (Å²) in [4.78, 5) is 16.6. The molecule has 0 atom stereocenters. The number of aromatic nitrogens is 2. The predicted octanol–water partition coefficient (Wildman–Crippen LogP) is 5.28. The number of anilines is 1. The van der Waals surface area contributed by atoms with E-state index in [0.29, 0.717) is 36.0 Å². The van der Waals surface area contributed by atoms with E-state index in [-0.39, 0.29) is 5.91 Å². The summed E-state index contributed by atoms with van der Waals surface area (Å²) in [6, 6.07) is 11.5. The summed E-state index contributed by atoms with van der Waals surface area (Å²) >= 11 is 6.15. The van der Waals surface area contributed by atoms with Crippen molar-refractivity contribution in [3.8, 4) is 11.4 Å². The number of amides is 1. The molecular formula is C21H22ClN3O2. The number of benzene rings is 2. The van der Waals surface area contributed by atoms with E-state index in [2.05, 4.69) is 27.6 Å². The van der Waals surface area contributed by atoms with Crippen LogP contribution < -0.4 is 5.32 Å². The Kier molecular flexibility index (Phi) is 5.91.